The van der Waals surface area contributed by atoms with E-state index in [1.807, 2.05) is 25.1 Å². The fraction of sp³-hybridized carbons (Fsp3) is 0.133. The minimum absolute atomic E-state index is 0.432. The Morgan fingerprint density at radius 3 is 2.42 bits per heavy atom. The molecule has 1 amide bonds. The van der Waals surface area contributed by atoms with Gasteiger partial charge in [-0.3, -0.25) is 4.79 Å². The van der Waals surface area contributed by atoms with E-state index < -0.39 is 5.91 Å². The molecule has 0 radical (unpaired) electrons. The molecule has 0 fully saturated rings. The van der Waals surface area contributed by atoms with Crippen molar-refractivity contribution in [2.75, 3.05) is 5.73 Å². The molecular weight excluding hydrogens is 240 g/mol. The van der Waals surface area contributed by atoms with Gasteiger partial charge < -0.3 is 16.2 Å². The number of aryl methyl sites for hydroxylation is 1. The molecule has 0 aliphatic carbocycles. The Bertz CT molecular complexity index is 571. The molecule has 98 valence electrons. The molecule has 2 aromatic carbocycles. The third-order valence-electron chi connectivity index (χ3n) is 2.70. The van der Waals surface area contributed by atoms with Gasteiger partial charge in [0.05, 0.1) is 0 Å². The van der Waals surface area contributed by atoms with Crippen LogP contribution in [-0.2, 0) is 6.61 Å². The highest BCUT2D eigenvalue weighted by Crippen LogP contribution is 2.16. The third kappa shape index (κ3) is 3.48. The number of primary amides is 1. The molecule has 2 rings (SSSR count). The van der Waals surface area contributed by atoms with Crippen molar-refractivity contribution in [1.82, 2.24) is 0 Å². The molecular formula is C15H16N2O2. The molecule has 0 aliphatic rings. The Morgan fingerprint density at radius 1 is 1.16 bits per heavy atom. The van der Waals surface area contributed by atoms with Crippen molar-refractivity contribution in [1.29, 1.82) is 0 Å². The van der Waals surface area contributed by atoms with E-state index in [0.717, 1.165) is 16.8 Å². The van der Waals surface area contributed by atoms with Crippen LogP contribution in [0.3, 0.4) is 0 Å². The lowest BCUT2D eigenvalue weighted by Gasteiger charge is -2.08. The summed E-state index contributed by atoms with van der Waals surface area (Å²) in [5.74, 6) is 0.239. The van der Waals surface area contributed by atoms with Crippen molar-refractivity contribution in [3.8, 4) is 5.75 Å². The molecule has 0 heterocycles. The molecule has 0 saturated heterocycles. The summed E-state index contributed by atoms with van der Waals surface area (Å²) < 4.78 is 5.63. The zero-order chi connectivity index (χ0) is 13.8. The van der Waals surface area contributed by atoms with Crippen LogP contribution in [0.2, 0.25) is 0 Å². The molecule has 4 heteroatoms. The summed E-state index contributed by atoms with van der Waals surface area (Å²) in [6.45, 7) is 2.42. The number of amides is 1. The van der Waals surface area contributed by atoms with Crippen LogP contribution in [0.15, 0.2) is 42.5 Å². The smallest absolute Gasteiger partial charge is 0.248 e. The Kier molecular flexibility index (Phi) is 3.71. The molecule has 0 unspecified atom stereocenters. The van der Waals surface area contributed by atoms with E-state index in [1.165, 1.54) is 0 Å². The average Bonchev–Trinajstić information content (AvgIpc) is 2.36. The first-order chi connectivity index (χ1) is 9.04. The number of ether oxygens (including phenoxy) is 1. The molecule has 4 nitrogen and oxygen atoms in total. The summed E-state index contributed by atoms with van der Waals surface area (Å²) in [6.07, 6.45) is 0. The average molecular weight is 256 g/mol. The minimum atomic E-state index is -0.446. The van der Waals surface area contributed by atoms with Crippen LogP contribution < -0.4 is 16.2 Å². The lowest BCUT2D eigenvalue weighted by molar-refractivity contribution is 0.100. The lowest BCUT2D eigenvalue weighted by atomic mass is 10.1. The first kappa shape index (κ1) is 13.0. The van der Waals surface area contributed by atoms with Gasteiger partial charge in [0.25, 0.3) is 0 Å². The van der Waals surface area contributed by atoms with Gasteiger partial charge >= 0.3 is 0 Å². The Morgan fingerprint density at radius 2 is 1.84 bits per heavy atom. The lowest BCUT2D eigenvalue weighted by Crippen LogP contribution is -2.10. The van der Waals surface area contributed by atoms with Gasteiger partial charge in [0.15, 0.2) is 0 Å². The number of rotatable bonds is 4. The SMILES string of the molecule is Cc1cc(N)cc(COc2ccc(C(N)=O)cc2)c1. The van der Waals surface area contributed by atoms with Crippen molar-refractivity contribution in [2.24, 2.45) is 5.73 Å². The number of hydrogen-bond acceptors (Lipinski definition) is 3. The quantitative estimate of drug-likeness (QED) is 0.823. The van der Waals surface area contributed by atoms with E-state index >= 15 is 0 Å². The molecule has 0 aromatic heterocycles. The maximum atomic E-state index is 10.9. The number of carbonyl (C=O) groups is 1. The fourth-order valence-corrected chi connectivity index (χ4v) is 1.86. The van der Waals surface area contributed by atoms with Crippen LogP contribution in [0, 0.1) is 6.92 Å². The van der Waals surface area contributed by atoms with E-state index in [0.29, 0.717) is 17.9 Å². The van der Waals surface area contributed by atoms with Crippen LogP contribution >= 0.6 is 0 Å². The molecule has 0 saturated carbocycles. The largest absolute Gasteiger partial charge is 0.489 e. The Labute approximate surface area is 112 Å². The van der Waals surface area contributed by atoms with Crippen LogP contribution in [0.5, 0.6) is 5.75 Å². The number of hydrogen-bond donors (Lipinski definition) is 2. The predicted octanol–water partition coefficient (Wildman–Crippen LogP) is 2.26. The van der Waals surface area contributed by atoms with Crippen LogP contribution in [0.1, 0.15) is 21.5 Å². The maximum Gasteiger partial charge on any atom is 0.248 e. The van der Waals surface area contributed by atoms with E-state index in [2.05, 4.69) is 0 Å². The molecule has 0 spiro atoms. The van der Waals surface area contributed by atoms with Gasteiger partial charge in [0.2, 0.25) is 5.91 Å². The van der Waals surface area contributed by atoms with Gasteiger partial charge in [-0.1, -0.05) is 6.07 Å². The summed E-state index contributed by atoms with van der Waals surface area (Å²) in [6, 6.07) is 12.5. The Balaban J connectivity index is 2.03. The third-order valence-corrected chi connectivity index (χ3v) is 2.70. The van der Waals surface area contributed by atoms with Gasteiger partial charge in [-0.25, -0.2) is 0 Å². The fourth-order valence-electron chi connectivity index (χ4n) is 1.86. The van der Waals surface area contributed by atoms with Gasteiger partial charge in [-0.15, -0.1) is 0 Å². The standard InChI is InChI=1S/C15H16N2O2/c1-10-6-11(8-13(16)7-10)9-19-14-4-2-12(3-5-14)15(17)18/h2-8H,9,16H2,1H3,(H2,17,18). The minimum Gasteiger partial charge on any atom is -0.489 e. The monoisotopic (exact) mass is 256 g/mol. The first-order valence-electron chi connectivity index (χ1n) is 5.93. The normalized spacial score (nSPS) is 10.2. The molecule has 19 heavy (non-hydrogen) atoms. The van der Waals surface area contributed by atoms with E-state index in [1.54, 1.807) is 24.3 Å². The number of nitrogens with two attached hydrogens (primary N) is 2. The van der Waals surface area contributed by atoms with E-state index in [4.69, 9.17) is 16.2 Å². The molecule has 0 aliphatic heterocycles. The van der Waals surface area contributed by atoms with Crippen LogP contribution in [0.4, 0.5) is 5.69 Å². The predicted molar refractivity (Wildman–Crippen MR) is 74.9 cm³/mol. The second-order valence-corrected chi connectivity index (χ2v) is 4.43. The van der Waals surface area contributed by atoms with Crippen molar-refractivity contribution in [3.63, 3.8) is 0 Å². The zero-order valence-electron chi connectivity index (χ0n) is 10.7. The summed E-state index contributed by atoms with van der Waals surface area (Å²) in [7, 11) is 0. The van der Waals surface area contributed by atoms with E-state index in [9.17, 15) is 4.79 Å². The van der Waals surface area contributed by atoms with Crippen molar-refractivity contribution < 1.29 is 9.53 Å². The second-order valence-electron chi connectivity index (χ2n) is 4.43. The summed E-state index contributed by atoms with van der Waals surface area (Å²) in [5, 5.41) is 0. The first-order valence-corrected chi connectivity index (χ1v) is 5.93. The zero-order valence-corrected chi connectivity index (χ0v) is 10.7. The molecule has 0 atom stereocenters. The molecule has 4 N–H and O–H groups in total. The number of nitrogen functional groups attached to an aromatic ring is 1. The van der Waals surface area contributed by atoms with Crippen LogP contribution in [-0.4, -0.2) is 5.91 Å². The highest BCUT2D eigenvalue weighted by Gasteiger charge is 2.01. The highest BCUT2D eigenvalue weighted by atomic mass is 16.5. The summed E-state index contributed by atoms with van der Waals surface area (Å²) in [5.41, 5.74) is 14.2. The van der Waals surface area contributed by atoms with Crippen molar-refractivity contribution in [2.45, 2.75) is 13.5 Å². The summed E-state index contributed by atoms with van der Waals surface area (Å²) in [4.78, 5) is 10.9. The summed E-state index contributed by atoms with van der Waals surface area (Å²) >= 11 is 0. The maximum absolute atomic E-state index is 10.9. The van der Waals surface area contributed by atoms with Gasteiger partial charge in [-0.05, 0) is 54.4 Å². The van der Waals surface area contributed by atoms with Crippen molar-refractivity contribution in [3.05, 3.63) is 59.2 Å². The van der Waals surface area contributed by atoms with Crippen molar-refractivity contribution >= 4 is 11.6 Å². The topological polar surface area (TPSA) is 78.3 Å². The van der Waals surface area contributed by atoms with Crippen LogP contribution in [0.25, 0.3) is 0 Å². The molecule has 0 bridgehead atoms. The number of benzene rings is 2. The van der Waals surface area contributed by atoms with Gasteiger partial charge in [0, 0.05) is 11.3 Å². The number of carbonyl (C=O) groups excluding carboxylic acids is 1. The number of anilines is 1. The second kappa shape index (κ2) is 5.44. The van der Waals surface area contributed by atoms with Gasteiger partial charge in [0.1, 0.15) is 12.4 Å². The van der Waals surface area contributed by atoms with E-state index in [-0.39, 0.29) is 0 Å². The van der Waals surface area contributed by atoms with Gasteiger partial charge in [-0.2, -0.15) is 0 Å². The molecule has 2 aromatic rings. The Hall–Kier alpha value is -2.49. The highest BCUT2D eigenvalue weighted by molar-refractivity contribution is 5.92.